The van der Waals surface area contributed by atoms with E-state index in [9.17, 15) is 0 Å². The zero-order valence-corrected chi connectivity index (χ0v) is 11.4. The summed E-state index contributed by atoms with van der Waals surface area (Å²) in [6, 6.07) is 7.88. The molecule has 1 heterocycles. The summed E-state index contributed by atoms with van der Waals surface area (Å²) in [5.41, 5.74) is 4.39. The highest BCUT2D eigenvalue weighted by Gasteiger charge is 2.03. The fourth-order valence-corrected chi connectivity index (χ4v) is 1.96. The monoisotopic (exact) mass is 258 g/mol. The zero-order chi connectivity index (χ0) is 13.1. The van der Waals surface area contributed by atoms with Crippen molar-refractivity contribution >= 4 is 23.6 Å². The Labute approximate surface area is 111 Å². The third-order valence-electron chi connectivity index (χ3n) is 2.53. The Hall–Kier alpha value is -1.88. The quantitative estimate of drug-likeness (QED) is 0.637. The van der Waals surface area contributed by atoms with Crippen molar-refractivity contribution < 1.29 is 0 Å². The van der Waals surface area contributed by atoms with E-state index in [2.05, 4.69) is 20.2 Å². The van der Waals surface area contributed by atoms with Crippen LogP contribution in [-0.2, 0) is 0 Å². The Balaban J connectivity index is 2.38. The number of azo groups is 1. The van der Waals surface area contributed by atoms with Gasteiger partial charge < -0.3 is 4.98 Å². The van der Waals surface area contributed by atoms with Crippen LogP contribution in [-0.4, -0.2) is 9.97 Å². The van der Waals surface area contributed by atoms with E-state index in [1.54, 1.807) is 0 Å². The Morgan fingerprint density at radius 3 is 2.61 bits per heavy atom. The lowest BCUT2D eigenvalue weighted by Gasteiger charge is -2.02. The van der Waals surface area contributed by atoms with E-state index in [-0.39, 0.29) is 0 Å². The van der Waals surface area contributed by atoms with Gasteiger partial charge in [-0.05, 0) is 50.7 Å². The summed E-state index contributed by atoms with van der Waals surface area (Å²) in [4.78, 5) is 7.15. The summed E-state index contributed by atoms with van der Waals surface area (Å²) >= 11 is 5.00. The van der Waals surface area contributed by atoms with Crippen molar-refractivity contribution in [2.45, 2.75) is 20.8 Å². The minimum atomic E-state index is 0.472. The van der Waals surface area contributed by atoms with Gasteiger partial charge in [0, 0.05) is 5.69 Å². The maximum atomic E-state index is 5.00. The maximum Gasteiger partial charge on any atom is 0.197 e. The topological polar surface area (TPSA) is 53.4 Å². The number of nitrogens with one attached hydrogen (secondary N) is 1. The molecule has 0 aliphatic rings. The number of benzene rings is 1. The van der Waals surface area contributed by atoms with Gasteiger partial charge in [0.05, 0.1) is 11.4 Å². The summed E-state index contributed by atoms with van der Waals surface area (Å²) in [7, 11) is 0. The van der Waals surface area contributed by atoms with E-state index in [1.807, 2.05) is 45.0 Å². The molecule has 4 nitrogen and oxygen atoms in total. The Kier molecular flexibility index (Phi) is 3.62. The number of hydrogen-bond donors (Lipinski definition) is 1. The van der Waals surface area contributed by atoms with Gasteiger partial charge in [-0.15, -0.1) is 5.11 Å². The number of nitrogens with zero attached hydrogens (tertiary/aromatic N) is 3. The molecule has 0 atom stereocenters. The number of aryl methyl sites for hydroxylation is 3. The van der Waals surface area contributed by atoms with Crippen molar-refractivity contribution in [2.75, 3.05) is 0 Å². The molecule has 2 rings (SSSR count). The molecule has 0 radical (unpaired) electrons. The summed E-state index contributed by atoms with van der Waals surface area (Å²) < 4.78 is 0.472. The molecule has 1 N–H and O–H groups in total. The van der Waals surface area contributed by atoms with Crippen LogP contribution in [0.1, 0.15) is 17.0 Å². The first-order valence-electron chi connectivity index (χ1n) is 5.62. The second-order valence-electron chi connectivity index (χ2n) is 4.14. The normalized spacial score (nSPS) is 11.1. The van der Waals surface area contributed by atoms with Gasteiger partial charge in [0.15, 0.2) is 4.77 Å². The molecule has 92 valence electrons. The molecule has 0 spiro atoms. The van der Waals surface area contributed by atoms with E-state index in [1.165, 1.54) is 0 Å². The molecule has 1 aromatic heterocycles. The number of aromatic nitrogens is 2. The van der Waals surface area contributed by atoms with Crippen LogP contribution in [0, 0.1) is 25.5 Å². The van der Waals surface area contributed by atoms with Crippen LogP contribution >= 0.6 is 12.2 Å². The SMILES string of the molecule is Cc1cccc(N=Nc2c(C)nc(=S)[nH]c2C)c1. The molecule has 0 bridgehead atoms. The highest BCUT2D eigenvalue weighted by Crippen LogP contribution is 2.23. The van der Waals surface area contributed by atoms with Crippen molar-refractivity contribution in [1.82, 2.24) is 9.97 Å². The summed E-state index contributed by atoms with van der Waals surface area (Å²) in [5, 5.41) is 8.46. The van der Waals surface area contributed by atoms with Crippen LogP contribution in [0.5, 0.6) is 0 Å². The fraction of sp³-hybridized carbons (Fsp3) is 0.231. The standard InChI is InChI=1S/C13H14N4S/c1-8-5-4-6-11(7-8)16-17-12-9(2)14-13(18)15-10(12)3/h4-7H,1-3H3,(H,14,15,18). The lowest BCUT2D eigenvalue weighted by Crippen LogP contribution is -1.90. The van der Waals surface area contributed by atoms with Crippen LogP contribution in [0.25, 0.3) is 0 Å². The summed E-state index contributed by atoms with van der Waals surface area (Å²) in [6.45, 7) is 5.81. The summed E-state index contributed by atoms with van der Waals surface area (Å²) in [5.74, 6) is 0. The summed E-state index contributed by atoms with van der Waals surface area (Å²) in [6.07, 6.45) is 0. The van der Waals surface area contributed by atoms with Crippen LogP contribution in [0.15, 0.2) is 34.5 Å². The maximum absolute atomic E-state index is 5.00. The van der Waals surface area contributed by atoms with E-state index in [4.69, 9.17) is 12.2 Å². The van der Waals surface area contributed by atoms with E-state index in [0.717, 1.165) is 28.3 Å². The second kappa shape index (κ2) is 5.18. The lowest BCUT2D eigenvalue weighted by molar-refractivity contribution is 1.01. The van der Waals surface area contributed by atoms with Crippen molar-refractivity contribution in [3.63, 3.8) is 0 Å². The smallest absolute Gasteiger partial charge is 0.197 e. The van der Waals surface area contributed by atoms with Crippen LogP contribution in [0.3, 0.4) is 0 Å². The molecule has 0 aliphatic heterocycles. The minimum Gasteiger partial charge on any atom is -0.333 e. The minimum absolute atomic E-state index is 0.472. The second-order valence-corrected chi connectivity index (χ2v) is 4.53. The van der Waals surface area contributed by atoms with Gasteiger partial charge in [0.25, 0.3) is 0 Å². The van der Waals surface area contributed by atoms with Crippen LogP contribution in [0.4, 0.5) is 11.4 Å². The molecule has 5 heteroatoms. The Morgan fingerprint density at radius 1 is 1.17 bits per heavy atom. The number of rotatable bonds is 2. The molecule has 0 unspecified atom stereocenters. The molecule has 0 aliphatic carbocycles. The number of aromatic amines is 1. The van der Waals surface area contributed by atoms with Crippen molar-refractivity contribution in [3.05, 3.63) is 46.0 Å². The average Bonchev–Trinajstić information content (AvgIpc) is 2.27. The van der Waals surface area contributed by atoms with E-state index < -0.39 is 0 Å². The zero-order valence-electron chi connectivity index (χ0n) is 10.6. The van der Waals surface area contributed by atoms with Gasteiger partial charge >= 0.3 is 0 Å². The van der Waals surface area contributed by atoms with Crippen molar-refractivity contribution in [2.24, 2.45) is 10.2 Å². The third-order valence-corrected chi connectivity index (χ3v) is 2.72. The van der Waals surface area contributed by atoms with Crippen LogP contribution in [0.2, 0.25) is 0 Å². The van der Waals surface area contributed by atoms with Crippen molar-refractivity contribution in [1.29, 1.82) is 0 Å². The highest BCUT2D eigenvalue weighted by atomic mass is 32.1. The highest BCUT2D eigenvalue weighted by molar-refractivity contribution is 7.71. The van der Waals surface area contributed by atoms with Gasteiger partial charge in [-0.3, -0.25) is 0 Å². The van der Waals surface area contributed by atoms with Crippen molar-refractivity contribution in [3.8, 4) is 0 Å². The third kappa shape index (κ3) is 2.87. The molecule has 18 heavy (non-hydrogen) atoms. The molecule has 2 aromatic rings. The molecule has 0 saturated carbocycles. The predicted octanol–water partition coefficient (Wildman–Crippen LogP) is 4.48. The van der Waals surface area contributed by atoms with Crippen LogP contribution < -0.4 is 0 Å². The number of hydrogen-bond acceptors (Lipinski definition) is 4. The molecule has 0 fully saturated rings. The van der Waals surface area contributed by atoms with Gasteiger partial charge in [-0.1, -0.05) is 12.1 Å². The molecule has 0 amide bonds. The molecule has 1 aromatic carbocycles. The first-order chi connectivity index (χ1) is 8.56. The van der Waals surface area contributed by atoms with Gasteiger partial charge in [-0.25, -0.2) is 4.98 Å². The fourth-order valence-electron chi connectivity index (χ4n) is 1.67. The molecular weight excluding hydrogens is 244 g/mol. The van der Waals surface area contributed by atoms with E-state index >= 15 is 0 Å². The average molecular weight is 258 g/mol. The lowest BCUT2D eigenvalue weighted by atomic mass is 10.2. The van der Waals surface area contributed by atoms with Gasteiger partial charge in [0.2, 0.25) is 0 Å². The largest absolute Gasteiger partial charge is 0.333 e. The van der Waals surface area contributed by atoms with E-state index in [0.29, 0.717) is 4.77 Å². The Bertz CT molecular complexity index is 632. The predicted molar refractivity (Wildman–Crippen MR) is 74.3 cm³/mol. The first kappa shape index (κ1) is 12.6. The molecule has 0 saturated heterocycles. The first-order valence-corrected chi connectivity index (χ1v) is 6.03. The Morgan fingerprint density at radius 2 is 1.94 bits per heavy atom. The van der Waals surface area contributed by atoms with Gasteiger partial charge in [0.1, 0.15) is 5.69 Å². The molecular formula is C13H14N4S. The van der Waals surface area contributed by atoms with Gasteiger partial charge in [-0.2, -0.15) is 5.11 Å². The number of H-pyrrole nitrogens is 1.